The molecule has 0 bridgehead atoms. The Morgan fingerprint density at radius 2 is 1.95 bits per heavy atom. The molecule has 3 N–H and O–H groups in total. The van der Waals surface area contributed by atoms with Gasteiger partial charge in [-0.3, -0.25) is 4.79 Å². The van der Waals surface area contributed by atoms with Gasteiger partial charge in [-0.05, 0) is 30.5 Å². The highest BCUT2D eigenvalue weighted by atomic mass is 16.6. The molecule has 0 aliphatic carbocycles. The highest BCUT2D eigenvalue weighted by molar-refractivity contribution is 5.75. The van der Waals surface area contributed by atoms with Crippen LogP contribution in [0, 0.1) is 0 Å². The van der Waals surface area contributed by atoms with Crippen LogP contribution < -0.4 is 5.73 Å². The maximum Gasteiger partial charge on any atom is 0.323 e. The first kappa shape index (κ1) is 16.5. The molecule has 1 atom stereocenters. The first-order valence-corrected chi connectivity index (χ1v) is 6.91. The molecular weight excluding hydrogens is 258 g/mol. The van der Waals surface area contributed by atoms with Crippen LogP contribution in [0.25, 0.3) is 0 Å². The van der Waals surface area contributed by atoms with Gasteiger partial charge in [-0.15, -0.1) is 0 Å². The van der Waals surface area contributed by atoms with Gasteiger partial charge in [0, 0.05) is 6.61 Å². The first-order chi connectivity index (χ1) is 9.63. The van der Waals surface area contributed by atoms with E-state index in [0.29, 0.717) is 19.6 Å². The minimum absolute atomic E-state index is 0.189. The second-order valence-electron chi connectivity index (χ2n) is 4.61. The highest BCUT2D eigenvalue weighted by Gasteiger charge is 2.15. The van der Waals surface area contributed by atoms with E-state index < -0.39 is 12.0 Å². The summed E-state index contributed by atoms with van der Waals surface area (Å²) < 4.78 is 10.3. The summed E-state index contributed by atoms with van der Waals surface area (Å²) in [5.74, 6) is -0.244. The fourth-order valence-corrected chi connectivity index (χ4v) is 1.63. The fraction of sp³-hybridized carbons (Fsp3) is 0.533. The van der Waals surface area contributed by atoms with Crippen molar-refractivity contribution in [1.29, 1.82) is 0 Å². The van der Waals surface area contributed by atoms with Crippen molar-refractivity contribution in [3.63, 3.8) is 0 Å². The maximum absolute atomic E-state index is 11.7. The number of hydrogen-bond acceptors (Lipinski definition) is 5. The molecule has 0 saturated heterocycles. The predicted octanol–water partition coefficient (Wildman–Crippen LogP) is 1.62. The minimum Gasteiger partial charge on any atom is -0.508 e. The Morgan fingerprint density at radius 1 is 1.25 bits per heavy atom. The molecule has 0 amide bonds. The number of benzene rings is 1. The van der Waals surface area contributed by atoms with Crippen LogP contribution in [0.4, 0.5) is 0 Å². The number of unbranched alkanes of at least 4 members (excludes halogenated alkanes) is 1. The summed E-state index contributed by atoms with van der Waals surface area (Å²) in [4.78, 5) is 11.7. The van der Waals surface area contributed by atoms with E-state index in [0.717, 1.165) is 18.4 Å². The second kappa shape index (κ2) is 9.34. The Labute approximate surface area is 119 Å². The Morgan fingerprint density at radius 3 is 2.60 bits per heavy atom. The number of nitrogens with two attached hydrogens (primary N) is 1. The van der Waals surface area contributed by atoms with E-state index in [4.69, 9.17) is 20.3 Å². The topological polar surface area (TPSA) is 81.8 Å². The molecule has 0 aliphatic rings. The number of carbonyl (C=O) groups excluding carboxylic acids is 1. The summed E-state index contributed by atoms with van der Waals surface area (Å²) in [5.41, 5.74) is 6.65. The molecule has 1 aromatic carbocycles. The van der Waals surface area contributed by atoms with E-state index >= 15 is 0 Å². The number of rotatable bonds is 9. The van der Waals surface area contributed by atoms with Crippen molar-refractivity contribution in [2.75, 3.05) is 19.8 Å². The van der Waals surface area contributed by atoms with Gasteiger partial charge in [0.25, 0.3) is 0 Å². The van der Waals surface area contributed by atoms with Gasteiger partial charge in [-0.1, -0.05) is 25.5 Å². The van der Waals surface area contributed by atoms with Gasteiger partial charge in [0.15, 0.2) is 0 Å². The van der Waals surface area contributed by atoms with Gasteiger partial charge in [0.05, 0.1) is 6.61 Å². The largest absolute Gasteiger partial charge is 0.508 e. The molecule has 112 valence electrons. The predicted molar refractivity (Wildman–Crippen MR) is 76.5 cm³/mol. The van der Waals surface area contributed by atoms with Gasteiger partial charge in [-0.2, -0.15) is 0 Å². The zero-order valence-electron chi connectivity index (χ0n) is 11.9. The Hall–Kier alpha value is -1.59. The van der Waals surface area contributed by atoms with E-state index in [1.165, 1.54) is 0 Å². The van der Waals surface area contributed by atoms with Gasteiger partial charge in [0.2, 0.25) is 0 Å². The van der Waals surface area contributed by atoms with Crippen LogP contribution in [0.15, 0.2) is 24.3 Å². The third-order valence-electron chi connectivity index (χ3n) is 2.81. The quantitative estimate of drug-likeness (QED) is 0.531. The lowest BCUT2D eigenvalue weighted by Crippen LogP contribution is -2.35. The highest BCUT2D eigenvalue weighted by Crippen LogP contribution is 2.11. The zero-order valence-corrected chi connectivity index (χ0v) is 11.9. The lowest BCUT2D eigenvalue weighted by molar-refractivity contribution is -0.146. The molecular formula is C15H23NO4. The van der Waals surface area contributed by atoms with Crippen molar-refractivity contribution in [2.45, 2.75) is 32.2 Å². The number of esters is 1. The smallest absolute Gasteiger partial charge is 0.323 e. The summed E-state index contributed by atoms with van der Waals surface area (Å²) in [5, 5.41) is 9.17. The van der Waals surface area contributed by atoms with Crippen LogP contribution in [0.5, 0.6) is 5.75 Å². The van der Waals surface area contributed by atoms with Crippen LogP contribution in [0.1, 0.15) is 25.3 Å². The standard InChI is InChI=1S/C15H23NO4/c1-2-3-8-19-9-10-20-15(18)14(16)11-12-4-6-13(17)7-5-12/h4-7,14,17H,2-3,8-11,16H2,1H3/t14-/m0/s1. The Kier molecular flexibility index (Phi) is 7.69. The lowest BCUT2D eigenvalue weighted by Gasteiger charge is -2.12. The van der Waals surface area contributed by atoms with E-state index in [2.05, 4.69) is 6.92 Å². The lowest BCUT2D eigenvalue weighted by atomic mass is 10.1. The average Bonchev–Trinajstić information content (AvgIpc) is 2.45. The molecule has 5 nitrogen and oxygen atoms in total. The molecule has 0 aliphatic heterocycles. The van der Waals surface area contributed by atoms with E-state index in [9.17, 15) is 4.79 Å². The summed E-state index contributed by atoms with van der Waals surface area (Å²) in [7, 11) is 0. The van der Waals surface area contributed by atoms with Crippen LogP contribution in [0.3, 0.4) is 0 Å². The SMILES string of the molecule is CCCCOCCOC(=O)[C@@H](N)Cc1ccc(O)cc1. The monoisotopic (exact) mass is 281 g/mol. The molecule has 1 rings (SSSR count). The second-order valence-corrected chi connectivity index (χ2v) is 4.61. The molecule has 1 aromatic rings. The summed E-state index contributed by atoms with van der Waals surface area (Å²) >= 11 is 0. The fourth-order valence-electron chi connectivity index (χ4n) is 1.63. The molecule has 0 spiro atoms. The van der Waals surface area contributed by atoms with Crippen LogP contribution >= 0.6 is 0 Å². The molecule has 0 aromatic heterocycles. The number of hydrogen-bond donors (Lipinski definition) is 2. The molecule has 0 heterocycles. The Bertz CT molecular complexity index is 391. The van der Waals surface area contributed by atoms with Crippen molar-refractivity contribution in [1.82, 2.24) is 0 Å². The van der Waals surface area contributed by atoms with E-state index in [1.54, 1.807) is 24.3 Å². The third-order valence-corrected chi connectivity index (χ3v) is 2.81. The minimum atomic E-state index is -0.699. The van der Waals surface area contributed by atoms with E-state index in [-0.39, 0.29) is 12.4 Å². The molecule has 0 radical (unpaired) electrons. The van der Waals surface area contributed by atoms with Crippen molar-refractivity contribution in [2.24, 2.45) is 5.73 Å². The summed E-state index contributed by atoms with van der Waals surface area (Å²) in [6.07, 6.45) is 2.47. The van der Waals surface area contributed by atoms with Crippen molar-refractivity contribution in [3.8, 4) is 5.75 Å². The number of aromatic hydroxyl groups is 1. The first-order valence-electron chi connectivity index (χ1n) is 6.91. The van der Waals surface area contributed by atoms with Gasteiger partial charge < -0.3 is 20.3 Å². The van der Waals surface area contributed by atoms with Crippen LogP contribution in [-0.2, 0) is 20.7 Å². The number of phenols is 1. The Balaban J connectivity index is 2.20. The number of carbonyl (C=O) groups is 1. The molecule has 0 saturated carbocycles. The number of phenolic OH excluding ortho intramolecular Hbond substituents is 1. The summed E-state index contributed by atoms with van der Waals surface area (Å²) in [6.45, 7) is 3.41. The zero-order chi connectivity index (χ0) is 14.8. The molecule has 0 fully saturated rings. The van der Waals surface area contributed by atoms with Crippen molar-refractivity contribution >= 4 is 5.97 Å². The van der Waals surface area contributed by atoms with E-state index in [1.807, 2.05) is 0 Å². The van der Waals surface area contributed by atoms with Crippen LogP contribution in [-0.4, -0.2) is 36.9 Å². The maximum atomic E-state index is 11.7. The third kappa shape index (κ3) is 6.54. The van der Waals surface area contributed by atoms with Crippen molar-refractivity contribution < 1.29 is 19.4 Å². The normalized spacial score (nSPS) is 12.1. The molecule has 20 heavy (non-hydrogen) atoms. The average molecular weight is 281 g/mol. The molecule has 0 unspecified atom stereocenters. The van der Waals surface area contributed by atoms with Gasteiger partial charge in [0.1, 0.15) is 18.4 Å². The summed E-state index contributed by atoms with van der Waals surface area (Å²) in [6, 6.07) is 5.89. The van der Waals surface area contributed by atoms with Gasteiger partial charge >= 0.3 is 5.97 Å². The molecule has 5 heteroatoms. The van der Waals surface area contributed by atoms with Crippen LogP contribution in [0.2, 0.25) is 0 Å². The van der Waals surface area contributed by atoms with Gasteiger partial charge in [-0.25, -0.2) is 0 Å². The van der Waals surface area contributed by atoms with Crippen molar-refractivity contribution in [3.05, 3.63) is 29.8 Å². The number of ether oxygens (including phenoxy) is 2.